The first kappa shape index (κ1) is 22.3. The molecule has 0 heterocycles. The normalized spacial score (nSPS) is 14.7. The fourth-order valence-corrected chi connectivity index (χ4v) is 4.68. The number of allylic oxidation sites excluding steroid dienone is 4. The number of rotatable bonds is 3. The van der Waals surface area contributed by atoms with Crippen molar-refractivity contribution in [3.8, 4) is 0 Å². The van der Waals surface area contributed by atoms with Crippen LogP contribution in [-0.4, -0.2) is 4.75 Å². The minimum atomic E-state index is 0. The van der Waals surface area contributed by atoms with Crippen molar-refractivity contribution in [2.24, 2.45) is 0 Å². The first-order valence-electron chi connectivity index (χ1n) is 7.12. The third-order valence-electron chi connectivity index (χ3n) is 3.58. The fraction of sp³-hybridized carbons (Fsp3) is 0.444. The third-order valence-corrected chi connectivity index (χ3v) is 5.51. The zero-order valence-electron chi connectivity index (χ0n) is 13.8. The quantitative estimate of drug-likeness (QED) is 0.501. The van der Waals surface area contributed by atoms with Crippen molar-refractivity contribution in [3.63, 3.8) is 0 Å². The van der Waals surface area contributed by atoms with E-state index in [1.807, 2.05) is 11.8 Å². The van der Waals surface area contributed by atoms with Crippen LogP contribution in [0.3, 0.4) is 0 Å². The molecule has 1 aromatic carbocycles. The Morgan fingerprint density at radius 2 is 1.59 bits per heavy atom. The predicted octanol–water partition coefficient (Wildman–Crippen LogP) is -0.376. The van der Waals surface area contributed by atoms with E-state index in [-0.39, 0.29) is 35.0 Å². The Kier molecular flexibility index (Phi) is 8.58. The maximum absolute atomic E-state index is 2.35. The Balaban J connectivity index is 0.00000220. The molecule has 0 amide bonds. The van der Waals surface area contributed by atoms with Crippen molar-refractivity contribution in [2.75, 3.05) is 0 Å². The molecule has 1 aliphatic carbocycles. The zero-order valence-corrected chi connectivity index (χ0v) is 17.7. The van der Waals surface area contributed by atoms with Gasteiger partial charge in [-0.05, 0) is 0 Å². The molecule has 1 aliphatic rings. The summed E-state index contributed by atoms with van der Waals surface area (Å²) < 4.78 is 1.74. The zero-order chi connectivity index (χ0) is 15.0. The summed E-state index contributed by atoms with van der Waals surface area (Å²) in [5.74, 6) is 0. The van der Waals surface area contributed by atoms with Crippen molar-refractivity contribution >= 4 is 11.8 Å². The molecule has 0 aliphatic heterocycles. The Morgan fingerprint density at radius 1 is 1.00 bits per heavy atom. The molecule has 0 spiro atoms. The Morgan fingerprint density at radius 3 is 2.09 bits per heavy atom. The molecule has 0 radical (unpaired) electrons. The van der Waals surface area contributed by atoms with Crippen LogP contribution in [-0.2, 0) is 25.9 Å². The van der Waals surface area contributed by atoms with Crippen molar-refractivity contribution in [3.05, 3.63) is 51.4 Å². The summed E-state index contributed by atoms with van der Waals surface area (Å²) in [7, 11) is 0. The van der Waals surface area contributed by atoms with Gasteiger partial charge in [-0.3, -0.25) is 0 Å². The maximum atomic E-state index is 2.35. The Hall–Kier alpha value is 0.344. The van der Waals surface area contributed by atoms with Crippen LogP contribution in [0.15, 0.2) is 50.8 Å². The van der Waals surface area contributed by atoms with Crippen LogP contribution < -0.4 is 24.8 Å². The fourth-order valence-electron chi connectivity index (χ4n) is 2.64. The molecule has 0 unspecified atom stereocenters. The molecule has 0 atom stereocenters. The molecule has 0 saturated heterocycles. The topological polar surface area (TPSA) is 0 Å². The van der Waals surface area contributed by atoms with E-state index < -0.39 is 0 Å². The van der Waals surface area contributed by atoms with Crippen LogP contribution in [0.5, 0.6) is 0 Å². The molecule has 22 heavy (non-hydrogen) atoms. The van der Waals surface area contributed by atoms with Crippen molar-refractivity contribution in [2.45, 2.75) is 56.1 Å². The van der Waals surface area contributed by atoms with E-state index in [0.717, 1.165) is 6.42 Å². The first-order valence-corrected chi connectivity index (χ1v) is 8.72. The van der Waals surface area contributed by atoms with Crippen LogP contribution in [0, 0.1) is 0 Å². The second-order valence-corrected chi connectivity index (χ2v) is 9.65. The van der Waals surface area contributed by atoms with Gasteiger partial charge < -0.3 is 24.8 Å². The van der Waals surface area contributed by atoms with Crippen LogP contribution in [0.4, 0.5) is 0 Å². The van der Waals surface area contributed by atoms with E-state index in [2.05, 4.69) is 91.5 Å². The minimum Gasteiger partial charge on any atom is -1.00 e. The van der Waals surface area contributed by atoms with Gasteiger partial charge in [0, 0.05) is 0 Å². The van der Waals surface area contributed by atoms with Crippen LogP contribution in [0.1, 0.15) is 46.6 Å². The number of halogens is 2. The monoisotopic (exact) mass is 389 g/mol. The molecule has 0 nitrogen and oxygen atoms in total. The van der Waals surface area contributed by atoms with Crippen molar-refractivity contribution in [1.82, 2.24) is 0 Å². The van der Waals surface area contributed by atoms with Gasteiger partial charge in [0.1, 0.15) is 0 Å². The summed E-state index contributed by atoms with van der Waals surface area (Å²) in [6.07, 6.45) is 5.70. The SMILES string of the molecule is CC(C)(C)Sc1ccccc1C(C)(C)C1=[C]([Ti+2])CC=C1.[Cl-].[Cl-]. The van der Waals surface area contributed by atoms with E-state index in [1.165, 1.54) is 19.9 Å². The molecule has 0 saturated carbocycles. The van der Waals surface area contributed by atoms with Gasteiger partial charge in [-0.1, -0.05) is 0 Å². The number of benzene rings is 1. The van der Waals surface area contributed by atoms with Gasteiger partial charge in [0.2, 0.25) is 0 Å². The van der Waals surface area contributed by atoms with Gasteiger partial charge in [-0.15, -0.1) is 0 Å². The smallest absolute Gasteiger partial charge is 1.00 e. The number of hydrogen-bond acceptors (Lipinski definition) is 1. The van der Waals surface area contributed by atoms with Gasteiger partial charge in [0.05, 0.1) is 0 Å². The van der Waals surface area contributed by atoms with Crippen molar-refractivity contribution < 1.29 is 45.2 Å². The maximum Gasteiger partial charge on any atom is -1.00 e. The van der Waals surface area contributed by atoms with Crippen LogP contribution in [0.2, 0.25) is 0 Å². The summed E-state index contributed by atoms with van der Waals surface area (Å²) in [6, 6.07) is 8.87. The van der Waals surface area contributed by atoms with Gasteiger partial charge in [0.25, 0.3) is 0 Å². The summed E-state index contributed by atoms with van der Waals surface area (Å²) in [4.78, 5) is 1.41. The average Bonchev–Trinajstić information content (AvgIpc) is 2.74. The molecular formula is C18H23Cl2STi. The Labute approximate surface area is 163 Å². The van der Waals surface area contributed by atoms with E-state index in [4.69, 9.17) is 0 Å². The predicted molar refractivity (Wildman–Crippen MR) is 85.9 cm³/mol. The summed E-state index contributed by atoms with van der Waals surface area (Å²) in [5.41, 5.74) is 3.01. The molecular weight excluding hydrogens is 367 g/mol. The number of hydrogen-bond donors (Lipinski definition) is 0. The summed E-state index contributed by atoms with van der Waals surface area (Å²) >= 11 is 4.23. The largest absolute Gasteiger partial charge is 1.00 e. The first-order chi connectivity index (χ1) is 9.22. The second kappa shape index (κ2) is 8.44. The van der Waals surface area contributed by atoms with Crippen LogP contribution >= 0.6 is 11.8 Å². The number of thioether (sulfide) groups is 1. The minimum absolute atomic E-state index is 0. The second-order valence-electron chi connectivity index (χ2n) is 6.83. The third kappa shape index (κ3) is 5.18. The van der Waals surface area contributed by atoms with Gasteiger partial charge in [-0.25, -0.2) is 0 Å². The van der Waals surface area contributed by atoms with E-state index in [9.17, 15) is 0 Å². The van der Waals surface area contributed by atoms with Crippen molar-refractivity contribution in [1.29, 1.82) is 0 Å². The van der Waals surface area contributed by atoms with Gasteiger partial charge in [-0.2, -0.15) is 0 Å². The molecule has 0 aromatic heterocycles. The van der Waals surface area contributed by atoms with E-state index >= 15 is 0 Å². The van der Waals surface area contributed by atoms with E-state index in [0.29, 0.717) is 0 Å². The molecule has 119 valence electrons. The average molecular weight is 390 g/mol. The molecule has 2 rings (SSSR count). The Bertz CT molecular complexity index is 569. The summed E-state index contributed by atoms with van der Waals surface area (Å²) in [5, 5.41) is 0. The molecule has 0 bridgehead atoms. The van der Waals surface area contributed by atoms with Gasteiger partial charge in [0.15, 0.2) is 0 Å². The van der Waals surface area contributed by atoms with Gasteiger partial charge >= 0.3 is 140 Å². The summed E-state index contributed by atoms with van der Waals surface area (Å²) in [6.45, 7) is 11.5. The van der Waals surface area contributed by atoms with E-state index in [1.54, 1.807) is 0 Å². The molecule has 4 heteroatoms. The van der Waals surface area contributed by atoms with Crippen LogP contribution in [0.25, 0.3) is 0 Å². The molecule has 0 fully saturated rings. The standard InChI is InChI=1S/C18H23S.2ClH.Ti/c1-17(2,3)19-16-13-9-8-12-15(16)18(4,5)14-10-6-7-11-14;;;/h6,8-10,12-13H,7H2,1-5H3;2*1H;/q;;;+2/p-2. The molecule has 1 aromatic rings. The molecule has 0 N–H and O–H groups in total.